The highest BCUT2D eigenvalue weighted by Gasteiger charge is 2.26. The summed E-state index contributed by atoms with van der Waals surface area (Å²) in [6.07, 6.45) is 5.80. The molecule has 1 aromatic rings. The van der Waals surface area contributed by atoms with E-state index in [1.54, 1.807) is 31.2 Å². The number of rotatable bonds is 4. The van der Waals surface area contributed by atoms with Crippen molar-refractivity contribution in [3.05, 3.63) is 47.0 Å². The van der Waals surface area contributed by atoms with Gasteiger partial charge < -0.3 is 15.7 Å². The Hall–Kier alpha value is -1.52. The quantitative estimate of drug-likeness (QED) is 0.748. The molecular weight excluding hydrogens is 276 g/mol. The maximum atomic E-state index is 11.8. The summed E-state index contributed by atoms with van der Waals surface area (Å²) in [7, 11) is 0. The summed E-state index contributed by atoms with van der Waals surface area (Å²) in [6.45, 7) is 1.73. The molecule has 0 radical (unpaired) electrons. The molecule has 0 unspecified atom stereocenters. The molecule has 0 fully saturated rings. The lowest BCUT2D eigenvalue weighted by Gasteiger charge is -2.25. The molecule has 1 aliphatic carbocycles. The molecule has 0 heterocycles. The highest BCUT2D eigenvalue weighted by Crippen LogP contribution is 2.27. The number of nitrogens with one attached hydrogen (secondary N) is 2. The van der Waals surface area contributed by atoms with Crippen molar-refractivity contribution >= 4 is 17.6 Å². The van der Waals surface area contributed by atoms with E-state index in [1.165, 1.54) is 0 Å². The van der Waals surface area contributed by atoms with E-state index in [0.29, 0.717) is 10.6 Å². The van der Waals surface area contributed by atoms with Crippen LogP contribution in [-0.4, -0.2) is 23.7 Å². The fraction of sp³-hybridized carbons (Fsp3) is 0.400. The normalized spacial score (nSPS) is 17.8. The van der Waals surface area contributed by atoms with E-state index in [2.05, 4.69) is 10.6 Å². The van der Waals surface area contributed by atoms with Gasteiger partial charge in [-0.25, -0.2) is 4.79 Å². The smallest absolute Gasteiger partial charge is 0.315 e. The van der Waals surface area contributed by atoms with E-state index in [1.807, 2.05) is 12.2 Å². The third-order valence-corrected chi connectivity index (χ3v) is 3.72. The molecule has 2 amide bonds. The second kappa shape index (κ2) is 6.29. The Morgan fingerprint density at radius 3 is 2.70 bits per heavy atom. The number of amides is 2. The minimum atomic E-state index is -1.20. The van der Waals surface area contributed by atoms with Gasteiger partial charge in [0.15, 0.2) is 0 Å². The molecule has 1 atom stereocenters. The van der Waals surface area contributed by atoms with Gasteiger partial charge in [-0.1, -0.05) is 42.0 Å². The van der Waals surface area contributed by atoms with E-state index < -0.39 is 5.60 Å². The number of aliphatic hydroxyl groups is 1. The van der Waals surface area contributed by atoms with Gasteiger partial charge in [0.05, 0.1) is 6.54 Å². The van der Waals surface area contributed by atoms with Crippen LogP contribution < -0.4 is 10.6 Å². The minimum absolute atomic E-state index is 0.0999. The van der Waals surface area contributed by atoms with E-state index in [-0.39, 0.29) is 18.6 Å². The lowest BCUT2D eigenvalue weighted by molar-refractivity contribution is 0.0594. The third kappa shape index (κ3) is 3.74. The van der Waals surface area contributed by atoms with Crippen LogP contribution in [0.4, 0.5) is 4.79 Å². The molecule has 0 aliphatic heterocycles. The van der Waals surface area contributed by atoms with Crippen LogP contribution in [0.15, 0.2) is 36.4 Å². The molecule has 0 saturated carbocycles. The van der Waals surface area contributed by atoms with E-state index in [4.69, 9.17) is 11.6 Å². The van der Waals surface area contributed by atoms with Crippen LogP contribution in [0.1, 0.15) is 25.3 Å². The van der Waals surface area contributed by atoms with Gasteiger partial charge >= 0.3 is 6.03 Å². The molecule has 1 aliphatic rings. The Balaban J connectivity index is 1.88. The van der Waals surface area contributed by atoms with Crippen LogP contribution in [0.3, 0.4) is 0 Å². The Morgan fingerprint density at radius 1 is 1.40 bits per heavy atom. The van der Waals surface area contributed by atoms with Gasteiger partial charge in [0.2, 0.25) is 0 Å². The van der Waals surface area contributed by atoms with Gasteiger partial charge in [-0.05, 0) is 25.8 Å². The average molecular weight is 295 g/mol. The number of carbonyl (C=O) groups excluding carboxylic acids is 1. The standard InChI is InChI=1S/C15H19ClN2O2/c1-15(20,12-8-4-5-9-13(12)16)10-17-14(19)18-11-6-2-3-7-11/h2-5,8-9,11,20H,6-7,10H2,1H3,(H2,17,18,19)/t15-/m1/s1. The van der Waals surface area contributed by atoms with Gasteiger partial charge in [-0.2, -0.15) is 0 Å². The first-order valence-corrected chi connectivity index (χ1v) is 7.03. The summed E-state index contributed by atoms with van der Waals surface area (Å²) in [5, 5.41) is 16.5. The van der Waals surface area contributed by atoms with Crippen molar-refractivity contribution in [3.63, 3.8) is 0 Å². The molecule has 2 rings (SSSR count). The maximum absolute atomic E-state index is 11.8. The van der Waals surface area contributed by atoms with Crippen LogP contribution in [0.25, 0.3) is 0 Å². The molecule has 108 valence electrons. The molecule has 4 nitrogen and oxygen atoms in total. The second-order valence-electron chi connectivity index (χ2n) is 5.22. The highest BCUT2D eigenvalue weighted by atomic mass is 35.5. The number of hydrogen-bond acceptors (Lipinski definition) is 2. The Morgan fingerprint density at radius 2 is 2.05 bits per heavy atom. The lowest BCUT2D eigenvalue weighted by Crippen LogP contribution is -2.46. The first-order chi connectivity index (χ1) is 9.49. The summed E-state index contributed by atoms with van der Waals surface area (Å²) in [6, 6.07) is 6.96. The Labute approximate surface area is 123 Å². The van der Waals surface area contributed by atoms with Crippen molar-refractivity contribution in [1.82, 2.24) is 10.6 Å². The molecule has 1 aromatic carbocycles. The molecule has 0 saturated heterocycles. The number of halogens is 1. The summed E-state index contributed by atoms with van der Waals surface area (Å²) in [5.74, 6) is 0. The number of hydrogen-bond donors (Lipinski definition) is 3. The predicted octanol–water partition coefficient (Wildman–Crippen LogP) is 2.57. The van der Waals surface area contributed by atoms with Crippen LogP contribution in [0.5, 0.6) is 0 Å². The van der Waals surface area contributed by atoms with Crippen LogP contribution >= 0.6 is 11.6 Å². The lowest BCUT2D eigenvalue weighted by atomic mass is 9.96. The maximum Gasteiger partial charge on any atom is 0.315 e. The SMILES string of the molecule is C[C@@](O)(CNC(=O)NC1CC=CC1)c1ccccc1Cl. The van der Waals surface area contributed by atoms with E-state index in [9.17, 15) is 9.90 Å². The molecule has 5 heteroatoms. The molecule has 20 heavy (non-hydrogen) atoms. The van der Waals surface area contributed by atoms with Gasteiger partial charge in [0, 0.05) is 16.6 Å². The molecule has 3 N–H and O–H groups in total. The van der Waals surface area contributed by atoms with Crippen molar-refractivity contribution in [2.45, 2.75) is 31.4 Å². The largest absolute Gasteiger partial charge is 0.384 e. The fourth-order valence-electron chi connectivity index (χ4n) is 2.22. The van der Waals surface area contributed by atoms with Gasteiger partial charge in [-0.15, -0.1) is 0 Å². The van der Waals surface area contributed by atoms with Crippen molar-refractivity contribution < 1.29 is 9.90 Å². The van der Waals surface area contributed by atoms with Gasteiger partial charge in [0.25, 0.3) is 0 Å². The average Bonchev–Trinajstić information content (AvgIpc) is 2.90. The molecule has 0 aromatic heterocycles. The van der Waals surface area contributed by atoms with Crippen LogP contribution in [0, 0.1) is 0 Å². The third-order valence-electron chi connectivity index (χ3n) is 3.39. The zero-order valence-corrected chi connectivity index (χ0v) is 12.2. The van der Waals surface area contributed by atoms with Gasteiger partial charge in [-0.3, -0.25) is 0 Å². The van der Waals surface area contributed by atoms with Crippen molar-refractivity contribution in [2.24, 2.45) is 0 Å². The van der Waals surface area contributed by atoms with Crippen LogP contribution in [0.2, 0.25) is 5.02 Å². The fourth-order valence-corrected chi connectivity index (χ4v) is 2.56. The minimum Gasteiger partial charge on any atom is -0.384 e. The van der Waals surface area contributed by atoms with Crippen molar-refractivity contribution in [2.75, 3.05) is 6.54 Å². The van der Waals surface area contributed by atoms with E-state index >= 15 is 0 Å². The number of carbonyl (C=O) groups is 1. The molecule has 0 spiro atoms. The zero-order valence-electron chi connectivity index (χ0n) is 11.4. The first kappa shape index (κ1) is 14.9. The number of benzene rings is 1. The van der Waals surface area contributed by atoms with Crippen molar-refractivity contribution in [1.29, 1.82) is 0 Å². The monoisotopic (exact) mass is 294 g/mol. The highest BCUT2D eigenvalue weighted by molar-refractivity contribution is 6.31. The topological polar surface area (TPSA) is 61.4 Å². The van der Waals surface area contributed by atoms with E-state index in [0.717, 1.165) is 12.8 Å². The zero-order chi connectivity index (χ0) is 14.6. The predicted molar refractivity (Wildman–Crippen MR) is 79.7 cm³/mol. The Kier molecular flexibility index (Phi) is 4.68. The summed E-state index contributed by atoms with van der Waals surface area (Å²) in [4.78, 5) is 11.8. The second-order valence-corrected chi connectivity index (χ2v) is 5.63. The van der Waals surface area contributed by atoms with Crippen molar-refractivity contribution in [3.8, 4) is 0 Å². The summed E-state index contributed by atoms with van der Waals surface area (Å²) < 4.78 is 0. The first-order valence-electron chi connectivity index (χ1n) is 6.66. The van der Waals surface area contributed by atoms with Gasteiger partial charge in [0.1, 0.15) is 5.60 Å². The molecule has 0 bridgehead atoms. The van der Waals surface area contributed by atoms with Crippen LogP contribution in [-0.2, 0) is 5.60 Å². The number of urea groups is 1. The summed E-state index contributed by atoms with van der Waals surface area (Å²) >= 11 is 6.06. The Bertz CT molecular complexity index is 506. The molecular formula is C15H19ClN2O2. The summed E-state index contributed by atoms with van der Waals surface area (Å²) in [5.41, 5.74) is -0.603.